The highest BCUT2D eigenvalue weighted by atomic mass is 32.2. The number of hydrogen-bond acceptors (Lipinski definition) is 5. The summed E-state index contributed by atoms with van der Waals surface area (Å²) in [5.74, 6) is -4.68. The zero-order valence-electron chi connectivity index (χ0n) is 17.3. The van der Waals surface area contributed by atoms with Crippen molar-refractivity contribution in [3.63, 3.8) is 0 Å². The number of hydrogen-bond donors (Lipinski definition) is 0. The first-order valence-corrected chi connectivity index (χ1v) is 11.3. The molecule has 2 aromatic rings. The summed E-state index contributed by atoms with van der Waals surface area (Å²) in [5, 5.41) is 0. The van der Waals surface area contributed by atoms with Gasteiger partial charge in [-0.1, -0.05) is 6.07 Å². The number of urea groups is 1. The van der Waals surface area contributed by atoms with Crippen LogP contribution < -0.4 is 4.90 Å². The first-order chi connectivity index (χ1) is 15.5. The van der Waals surface area contributed by atoms with E-state index in [0.717, 1.165) is 37.4 Å². The molecule has 0 aliphatic carbocycles. The molecular weight excluding hydrogens is 494 g/mol. The quantitative estimate of drug-likeness (QED) is 0.256. The molecule has 180 valence electrons. The van der Waals surface area contributed by atoms with Crippen LogP contribution in [0.5, 0.6) is 0 Å². The second-order valence-electron chi connectivity index (χ2n) is 6.34. The molecule has 0 heterocycles. The number of carbonyl (C=O) groups excluding carboxylic acids is 2. The Balaban J connectivity index is 2.46. The Morgan fingerprint density at radius 2 is 1.67 bits per heavy atom. The van der Waals surface area contributed by atoms with Gasteiger partial charge >= 0.3 is 11.5 Å². The van der Waals surface area contributed by atoms with Crippen LogP contribution in [-0.4, -0.2) is 54.7 Å². The fourth-order valence-corrected chi connectivity index (χ4v) is 3.64. The van der Waals surface area contributed by atoms with Crippen molar-refractivity contribution in [1.82, 2.24) is 4.90 Å². The summed E-state index contributed by atoms with van der Waals surface area (Å²) in [6, 6.07) is 4.00. The third-order valence-corrected chi connectivity index (χ3v) is 5.42. The standard InChI is InChI=1S/C20H18F6N2O3S2/c1-31-11-28(16-7-6-12(10-15(16)23)33-20(24,25)26)19(30)27(8-9-32-2)18(29)17-13(21)4-3-5-14(17)22/h3-7,10H,8-9,11H2,1-2H3. The van der Waals surface area contributed by atoms with Crippen molar-refractivity contribution in [1.29, 1.82) is 0 Å². The van der Waals surface area contributed by atoms with Crippen LogP contribution in [0.25, 0.3) is 0 Å². The molecule has 2 rings (SSSR count). The lowest BCUT2D eigenvalue weighted by molar-refractivity contribution is -0.0328. The van der Waals surface area contributed by atoms with Gasteiger partial charge in [0.15, 0.2) is 0 Å². The summed E-state index contributed by atoms with van der Waals surface area (Å²) in [5.41, 5.74) is -6.10. The number of anilines is 1. The van der Waals surface area contributed by atoms with E-state index in [1.807, 2.05) is 0 Å². The molecule has 0 atom stereocenters. The van der Waals surface area contributed by atoms with Crippen LogP contribution >= 0.6 is 23.5 Å². The van der Waals surface area contributed by atoms with Gasteiger partial charge in [0.2, 0.25) is 0 Å². The van der Waals surface area contributed by atoms with E-state index in [9.17, 15) is 35.9 Å². The van der Waals surface area contributed by atoms with Crippen molar-refractivity contribution in [3.05, 3.63) is 59.4 Å². The zero-order chi connectivity index (χ0) is 24.8. The van der Waals surface area contributed by atoms with Crippen molar-refractivity contribution >= 4 is 41.1 Å². The molecule has 0 bridgehead atoms. The molecule has 5 nitrogen and oxygen atoms in total. The van der Waals surface area contributed by atoms with Crippen LogP contribution in [-0.2, 0) is 4.74 Å². The minimum absolute atomic E-state index is 0.192. The van der Waals surface area contributed by atoms with Gasteiger partial charge in [-0.2, -0.15) is 24.9 Å². The molecule has 0 aromatic heterocycles. The minimum atomic E-state index is -4.65. The number of halogens is 6. The van der Waals surface area contributed by atoms with Gasteiger partial charge < -0.3 is 4.74 Å². The van der Waals surface area contributed by atoms with E-state index in [-0.39, 0.29) is 12.3 Å². The first-order valence-electron chi connectivity index (χ1n) is 9.10. The van der Waals surface area contributed by atoms with Gasteiger partial charge in [-0.3, -0.25) is 14.6 Å². The number of nitrogens with zero attached hydrogens (tertiary/aromatic N) is 2. The Morgan fingerprint density at radius 3 is 2.18 bits per heavy atom. The number of carbonyl (C=O) groups is 2. The lowest BCUT2D eigenvalue weighted by Gasteiger charge is -2.29. The Labute approximate surface area is 194 Å². The predicted molar refractivity (Wildman–Crippen MR) is 114 cm³/mol. The number of methoxy groups -OCH3 is 1. The molecule has 0 saturated heterocycles. The predicted octanol–water partition coefficient (Wildman–Crippen LogP) is 5.75. The molecule has 33 heavy (non-hydrogen) atoms. The molecule has 0 fully saturated rings. The van der Waals surface area contributed by atoms with Crippen LogP contribution in [0.1, 0.15) is 10.4 Å². The molecule has 0 aliphatic rings. The van der Waals surface area contributed by atoms with E-state index in [4.69, 9.17) is 4.74 Å². The van der Waals surface area contributed by atoms with Crippen molar-refractivity contribution in [2.75, 3.05) is 37.3 Å². The number of alkyl halides is 3. The van der Waals surface area contributed by atoms with Gasteiger partial charge in [0, 0.05) is 24.3 Å². The smallest absolute Gasteiger partial charge is 0.364 e. The van der Waals surface area contributed by atoms with Gasteiger partial charge in [0.1, 0.15) is 29.7 Å². The van der Waals surface area contributed by atoms with Gasteiger partial charge in [-0.15, -0.1) is 0 Å². The number of amides is 3. The average Bonchev–Trinajstić information content (AvgIpc) is 2.71. The number of benzene rings is 2. The topological polar surface area (TPSA) is 49.9 Å². The molecule has 0 radical (unpaired) electrons. The van der Waals surface area contributed by atoms with E-state index in [2.05, 4.69) is 0 Å². The molecular formula is C20H18F6N2O3S2. The molecule has 0 aliphatic heterocycles. The summed E-state index contributed by atoms with van der Waals surface area (Å²) >= 11 is 0.687. The molecule has 0 saturated carbocycles. The zero-order valence-corrected chi connectivity index (χ0v) is 18.9. The van der Waals surface area contributed by atoms with Crippen LogP contribution in [0.3, 0.4) is 0 Å². The Kier molecular flexibility index (Phi) is 9.49. The highest BCUT2D eigenvalue weighted by molar-refractivity contribution is 8.00. The lowest BCUT2D eigenvalue weighted by atomic mass is 10.1. The number of imide groups is 1. The second-order valence-corrected chi connectivity index (χ2v) is 8.46. The van der Waals surface area contributed by atoms with E-state index in [1.54, 1.807) is 6.26 Å². The Morgan fingerprint density at radius 1 is 1.03 bits per heavy atom. The maximum absolute atomic E-state index is 14.7. The summed E-state index contributed by atoms with van der Waals surface area (Å²) < 4.78 is 85.6. The molecule has 0 spiro atoms. The van der Waals surface area contributed by atoms with Crippen LogP contribution in [0.15, 0.2) is 41.3 Å². The van der Waals surface area contributed by atoms with E-state index in [1.165, 1.54) is 11.8 Å². The second kappa shape index (κ2) is 11.7. The normalized spacial score (nSPS) is 11.4. The van der Waals surface area contributed by atoms with Crippen molar-refractivity contribution in [2.45, 2.75) is 10.4 Å². The van der Waals surface area contributed by atoms with Crippen molar-refractivity contribution in [3.8, 4) is 0 Å². The Hall–Kier alpha value is -2.38. The number of ether oxygens (including phenoxy) is 1. The fourth-order valence-electron chi connectivity index (χ4n) is 2.71. The molecule has 2 aromatic carbocycles. The number of rotatable bonds is 8. The SMILES string of the molecule is COCN(C(=O)N(CCSC)C(=O)c1c(F)cccc1F)c1ccc(SC(F)(F)F)cc1F. The largest absolute Gasteiger partial charge is 0.446 e. The maximum atomic E-state index is 14.7. The third-order valence-electron chi connectivity index (χ3n) is 4.10. The van der Waals surface area contributed by atoms with Crippen molar-refractivity contribution < 1.29 is 40.7 Å². The van der Waals surface area contributed by atoms with E-state index in [0.29, 0.717) is 15.9 Å². The first kappa shape index (κ1) is 26.9. The van der Waals surface area contributed by atoms with E-state index >= 15 is 0 Å². The van der Waals surface area contributed by atoms with Crippen LogP contribution in [0.2, 0.25) is 0 Å². The highest BCUT2D eigenvalue weighted by Gasteiger charge is 2.33. The van der Waals surface area contributed by atoms with Gasteiger partial charge in [-0.25, -0.2) is 18.0 Å². The summed E-state index contributed by atoms with van der Waals surface area (Å²) in [4.78, 5) is 26.8. The highest BCUT2D eigenvalue weighted by Crippen LogP contribution is 2.38. The average molecular weight is 512 g/mol. The van der Waals surface area contributed by atoms with Crippen LogP contribution in [0.4, 0.5) is 36.8 Å². The van der Waals surface area contributed by atoms with Gasteiger partial charge in [-0.05, 0) is 48.3 Å². The summed E-state index contributed by atoms with van der Waals surface area (Å²) in [7, 11) is 1.16. The summed E-state index contributed by atoms with van der Waals surface area (Å²) in [6.45, 7) is -0.874. The third kappa shape index (κ3) is 7.05. The van der Waals surface area contributed by atoms with Crippen molar-refractivity contribution in [2.24, 2.45) is 0 Å². The molecule has 0 N–H and O–H groups in total. The molecule has 3 amide bonds. The monoisotopic (exact) mass is 512 g/mol. The van der Waals surface area contributed by atoms with Gasteiger partial charge in [0.05, 0.1) is 5.69 Å². The minimum Gasteiger partial charge on any atom is -0.364 e. The van der Waals surface area contributed by atoms with Gasteiger partial charge in [0.25, 0.3) is 5.91 Å². The molecule has 13 heteroatoms. The fraction of sp³-hybridized carbons (Fsp3) is 0.300. The number of thioether (sulfide) groups is 2. The van der Waals surface area contributed by atoms with Crippen LogP contribution in [0, 0.1) is 17.5 Å². The Bertz CT molecular complexity index is 986. The lowest BCUT2D eigenvalue weighted by Crippen LogP contribution is -2.48. The molecule has 0 unspecified atom stereocenters. The van der Waals surface area contributed by atoms with E-state index < -0.39 is 69.5 Å². The maximum Gasteiger partial charge on any atom is 0.446 e. The summed E-state index contributed by atoms with van der Waals surface area (Å²) in [6.07, 6.45) is 1.67.